The lowest BCUT2D eigenvalue weighted by atomic mass is 9.92. The molecular weight excluding hydrogens is 499 g/mol. The summed E-state index contributed by atoms with van der Waals surface area (Å²) in [6.45, 7) is 3.85. The minimum Gasteiger partial charge on any atom is -0.494 e. The molecule has 1 aliphatic carbocycles. The third-order valence-corrected chi connectivity index (χ3v) is 8.30. The van der Waals surface area contributed by atoms with Gasteiger partial charge < -0.3 is 23.5 Å². The Labute approximate surface area is 226 Å². The molecule has 4 aromatic rings. The van der Waals surface area contributed by atoms with Crippen molar-refractivity contribution in [3.63, 3.8) is 0 Å². The smallest absolute Gasteiger partial charge is 0.227 e. The molecule has 1 amide bonds. The maximum Gasteiger partial charge on any atom is 0.227 e. The van der Waals surface area contributed by atoms with Gasteiger partial charge in [0.05, 0.1) is 36.0 Å². The van der Waals surface area contributed by atoms with E-state index >= 15 is 0 Å². The van der Waals surface area contributed by atoms with Crippen molar-refractivity contribution in [1.82, 2.24) is 14.7 Å². The van der Waals surface area contributed by atoms with E-state index in [9.17, 15) is 9.18 Å². The number of carbonyl (C=O) groups excluding carboxylic acids is 1. The molecule has 0 N–H and O–H groups in total. The first-order chi connectivity index (χ1) is 18.9. The van der Waals surface area contributed by atoms with E-state index in [2.05, 4.69) is 27.9 Å². The second-order valence-corrected chi connectivity index (χ2v) is 10.5. The summed E-state index contributed by atoms with van der Waals surface area (Å²) in [5.41, 5.74) is 5.20. The molecule has 6 rings (SSSR count). The normalized spacial score (nSPS) is 21.7. The fourth-order valence-corrected chi connectivity index (χ4v) is 6.38. The van der Waals surface area contributed by atoms with Gasteiger partial charge in [-0.1, -0.05) is 11.2 Å². The van der Waals surface area contributed by atoms with Crippen molar-refractivity contribution in [2.24, 2.45) is 0 Å². The number of aryl methyl sites for hydroxylation is 2. The van der Waals surface area contributed by atoms with Crippen molar-refractivity contribution in [3.8, 4) is 16.9 Å². The number of benzene rings is 2. The molecule has 8 nitrogen and oxygen atoms in total. The number of fused-ring (bicyclic) bond motifs is 1. The third kappa shape index (κ3) is 4.38. The van der Waals surface area contributed by atoms with Crippen LogP contribution in [0.3, 0.4) is 0 Å². The van der Waals surface area contributed by atoms with Crippen molar-refractivity contribution in [2.75, 3.05) is 19.1 Å². The minimum absolute atomic E-state index is 0.0392. The predicted molar refractivity (Wildman–Crippen MR) is 145 cm³/mol. The fraction of sp³-hybridized carbons (Fsp3) is 0.433. The highest BCUT2D eigenvalue weighted by atomic mass is 19.1. The SMILES string of the molecule is COc1ccc(N2C(=O)CC[C@H]2c2nc3cc(-c4c(C)noc4C)ccc3n2C2CCC(OC)CC2)cc1F. The summed E-state index contributed by atoms with van der Waals surface area (Å²) in [6, 6.07) is 10.9. The number of aromatic nitrogens is 3. The predicted octanol–water partition coefficient (Wildman–Crippen LogP) is 6.45. The van der Waals surface area contributed by atoms with Crippen LogP contribution in [0.2, 0.25) is 0 Å². The van der Waals surface area contributed by atoms with Crippen LogP contribution in [-0.4, -0.2) is 40.9 Å². The van der Waals surface area contributed by atoms with Crippen molar-refractivity contribution in [2.45, 2.75) is 70.6 Å². The number of imidazole rings is 1. The molecule has 0 radical (unpaired) electrons. The van der Waals surface area contributed by atoms with Crippen LogP contribution in [-0.2, 0) is 9.53 Å². The molecule has 1 aliphatic heterocycles. The number of amides is 1. The molecule has 1 saturated carbocycles. The number of ether oxygens (including phenoxy) is 2. The second kappa shape index (κ2) is 10.1. The molecule has 9 heteroatoms. The van der Waals surface area contributed by atoms with Crippen LogP contribution in [0.25, 0.3) is 22.2 Å². The van der Waals surface area contributed by atoms with Gasteiger partial charge in [-0.05, 0) is 75.8 Å². The van der Waals surface area contributed by atoms with Gasteiger partial charge in [0.15, 0.2) is 11.6 Å². The topological polar surface area (TPSA) is 82.6 Å². The van der Waals surface area contributed by atoms with Crippen LogP contribution < -0.4 is 9.64 Å². The van der Waals surface area contributed by atoms with E-state index in [1.54, 1.807) is 24.1 Å². The molecule has 39 heavy (non-hydrogen) atoms. The molecule has 3 heterocycles. The summed E-state index contributed by atoms with van der Waals surface area (Å²) in [6.07, 6.45) is 5.10. The van der Waals surface area contributed by atoms with Crippen LogP contribution in [0.4, 0.5) is 10.1 Å². The van der Waals surface area contributed by atoms with Crippen molar-refractivity contribution in [1.29, 1.82) is 0 Å². The van der Waals surface area contributed by atoms with Gasteiger partial charge in [0.1, 0.15) is 11.6 Å². The number of methoxy groups -OCH3 is 2. The van der Waals surface area contributed by atoms with Crippen LogP contribution in [0.5, 0.6) is 5.75 Å². The first kappa shape index (κ1) is 25.6. The average molecular weight is 533 g/mol. The van der Waals surface area contributed by atoms with E-state index < -0.39 is 5.82 Å². The maximum absolute atomic E-state index is 14.7. The van der Waals surface area contributed by atoms with Gasteiger partial charge >= 0.3 is 0 Å². The zero-order valence-corrected chi connectivity index (χ0v) is 22.7. The molecule has 2 aromatic heterocycles. The number of halogens is 1. The molecule has 1 atom stereocenters. The van der Waals surface area contributed by atoms with Gasteiger partial charge in [-0.15, -0.1) is 0 Å². The first-order valence-electron chi connectivity index (χ1n) is 13.5. The van der Waals surface area contributed by atoms with Crippen LogP contribution >= 0.6 is 0 Å². The Balaban J connectivity index is 1.48. The Morgan fingerprint density at radius 3 is 2.49 bits per heavy atom. The Kier molecular flexibility index (Phi) is 6.62. The number of anilines is 1. The molecule has 1 saturated heterocycles. The number of hydrogen-bond donors (Lipinski definition) is 0. The lowest BCUT2D eigenvalue weighted by molar-refractivity contribution is -0.117. The molecule has 204 valence electrons. The monoisotopic (exact) mass is 532 g/mol. The Bertz CT molecular complexity index is 1520. The van der Waals surface area contributed by atoms with Crippen molar-refractivity contribution in [3.05, 3.63) is 59.5 Å². The van der Waals surface area contributed by atoms with E-state index in [0.717, 1.165) is 65.1 Å². The highest BCUT2D eigenvalue weighted by Gasteiger charge is 2.38. The summed E-state index contributed by atoms with van der Waals surface area (Å²) in [5, 5.41) is 4.12. The third-order valence-electron chi connectivity index (χ3n) is 8.30. The van der Waals surface area contributed by atoms with E-state index in [-0.39, 0.29) is 29.8 Å². The Morgan fingerprint density at radius 1 is 1.03 bits per heavy atom. The van der Waals surface area contributed by atoms with Crippen molar-refractivity contribution < 1.29 is 23.2 Å². The molecule has 0 unspecified atom stereocenters. The maximum atomic E-state index is 14.7. The highest BCUT2D eigenvalue weighted by Crippen LogP contribution is 2.43. The van der Waals surface area contributed by atoms with Gasteiger partial charge in [-0.2, -0.15) is 0 Å². The molecule has 2 aliphatic rings. The van der Waals surface area contributed by atoms with Crippen LogP contribution in [0.15, 0.2) is 40.9 Å². The van der Waals surface area contributed by atoms with Gasteiger partial charge in [0.25, 0.3) is 0 Å². The number of rotatable bonds is 6. The van der Waals surface area contributed by atoms with Gasteiger partial charge in [-0.25, -0.2) is 9.37 Å². The van der Waals surface area contributed by atoms with E-state index in [4.69, 9.17) is 19.0 Å². The molecule has 0 bridgehead atoms. The summed E-state index contributed by atoms with van der Waals surface area (Å²) in [7, 11) is 3.20. The van der Waals surface area contributed by atoms with Crippen molar-refractivity contribution >= 4 is 22.6 Å². The fourth-order valence-electron chi connectivity index (χ4n) is 6.38. The zero-order valence-electron chi connectivity index (χ0n) is 22.7. The highest BCUT2D eigenvalue weighted by molar-refractivity contribution is 5.96. The Morgan fingerprint density at radius 2 is 1.82 bits per heavy atom. The lowest BCUT2D eigenvalue weighted by Crippen LogP contribution is -2.31. The summed E-state index contributed by atoms with van der Waals surface area (Å²) >= 11 is 0. The minimum atomic E-state index is -0.496. The Hall–Kier alpha value is -3.72. The second-order valence-electron chi connectivity index (χ2n) is 10.5. The summed E-state index contributed by atoms with van der Waals surface area (Å²) in [5.74, 6) is 1.21. The molecular formula is C30H33FN4O4. The average Bonchev–Trinajstić information content (AvgIpc) is 3.62. The lowest BCUT2D eigenvalue weighted by Gasteiger charge is -2.32. The van der Waals surface area contributed by atoms with Gasteiger partial charge in [0.2, 0.25) is 5.91 Å². The quantitative estimate of drug-likeness (QED) is 0.284. The summed E-state index contributed by atoms with van der Waals surface area (Å²) in [4.78, 5) is 20.1. The van der Waals surface area contributed by atoms with Crippen LogP contribution in [0.1, 0.15) is 67.9 Å². The van der Waals surface area contributed by atoms with E-state index in [1.807, 2.05) is 13.8 Å². The van der Waals surface area contributed by atoms with E-state index in [0.29, 0.717) is 18.5 Å². The van der Waals surface area contributed by atoms with Gasteiger partial charge in [0, 0.05) is 36.9 Å². The number of nitrogens with zero attached hydrogens (tertiary/aromatic N) is 4. The largest absolute Gasteiger partial charge is 0.494 e. The van der Waals surface area contributed by atoms with Gasteiger partial charge in [-0.3, -0.25) is 4.79 Å². The summed E-state index contributed by atoms with van der Waals surface area (Å²) < 4.78 is 33.2. The number of hydrogen-bond acceptors (Lipinski definition) is 6. The molecule has 2 aromatic carbocycles. The zero-order chi connectivity index (χ0) is 27.3. The standard InChI is InChI=1S/C30H33FN4O4/c1-17-29(18(2)39-33-17)19-5-11-25-24(15-19)32-30(35(25)20-6-9-22(37-3)10-7-20)26-12-14-28(36)34(26)21-8-13-27(38-4)23(31)16-21/h5,8,11,13,15-16,20,22,26H,6-7,9-10,12,14H2,1-4H3/t20?,22?,26-/m0/s1. The number of carbonyl (C=O) groups is 1. The molecule has 2 fully saturated rings. The molecule has 0 spiro atoms. The first-order valence-corrected chi connectivity index (χ1v) is 13.5. The van der Waals surface area contributed by atoms with E-state index in [1.165, 1.54) is 13.2 Å². The van der Waals surface area contributed by atoms with Crippen LogP contribution in [0, 0.1) is 19.7 Å².